The summed E-state index contributed by atoms with van der Waals surface area (Å²) in [5.41, 5.74) is 2.85. The van der Waals surface area contributed by atoms with Crippen molar-refractivity contribution in [3.63, 3.8) is 0 Å². The van der Waals surface area contributed by atoms with Gasteiger partial charge in [0.15, 0.2) is 11.5 Å². The third-order valence-corrected chi connectivity index (χ3v) is 6.85. The molecule has 1 aliphatic rings. The third-order valence-electron chi connectivity index (χ3n) is 5.03. The molecule has 0 fully saturated rings. The summed E-state index contributed by atoms with van der Waals surface area (Å²) < 4.78 is 17.9. The third kappa shape index (κ3) is 6.91. The number of carbonyl (C=O) groups excluding carboxylic acids is 2. The van der Waals surface area contributed by atoms with Crippen LogP contribution in [0, 0.1) is 10.5 Å². The maximum absolute atomic E-state index is 12.5. The highest BCUT2D eigenvalue weighted by Gasteiger charge is 2.33. The Morgan fingerprint density at radius 1 is 1.08 bits per heavy atom. The van der Waals surface area contributed by atoms with E-state index < -0.39 is 11.9 Å². The van der Waals surface area contributed by atoms with E-state index >= 15 is 0 Å². The number of halogens is 1. The fourth-order valence-corrected chi connectivity index (χ4v) is 5.06. The summed E-state index contributed by atoms with van der Waals surface area (Å²) in [6, 6.07) is 11.8. The smallest absolute Gasteiger partial charge is 0.344 e. The first-order valence-corrected chi connectivity index (χ1v) is 13.4. The van der Waals surface area contributed by atoms with Gasteiger partial charge in [0.05, 0.1) is 21.7 Å². The predicted molar refractivity (Wildman–Crippen MR) is 150 cm³/mol. The first-order valence-electron chi connectivity index (χ1n) is 11.5. The molecule has 9 heteroatoms. The number of aliphatic imine (C=N–C) groups is 1. The number of thioether (sulfide) groups is 1. The van der Waals surface area contributed by atoms with Gasteiger partial charge < -0.3 is 19.3 Å². The van der Waals surface area contributed by atoms with Crippen LogP contribution in [0.4, 0.5) is 0 Å². The normalized spacial score (nSPS) is 15.5. The highest BCUT2D eigenvalue weighted by molar-refractivity contribution is 14.1. The van der Waals surface area contributed by atoms with Crippen LogP contribution in [-0.2, 0) is 20.9 Å². The molecule has 0 aliphatic carbocycles. The number of amides is 1. The summed E-state index contributed by atoms with van der Waals surface area (Å²) in [4.78, 5) is 28.8. The number of aryl methyl sites for hydroxylation is 1. The number of aliphatic hydroxyl groups is 1. The van der Waals surface area contributed by atoms with Crippen LogP contribution in [0.5, 0.6) is 11.5 Å². The SMILES string of the molecule is CCOC(=O)C1=C(O)/C(=C/c2cc(I)c(OCc3ccc(C)cc3)c(OCC)c2)SC1=NC(=O)CC. The number of esters is 1. The number of hydrogen-bond acceptors (Lipinski definition) is 7. The van der Waals surface area contributed by atoms with Crippen molar-refractivity contribution in [1.29, 1.82) is 0 Å². The molecule has 3 rings (SSSR count). The molecule has 190 valence electrons. The zero-order valence-corrected chi connectivity index (χ0v) is 23.6. The fraction of sp³-hybridized carbons (Fsp3) is 0.296. The molecule has 0 aromatic heterocycles. The number of ether oxygens (including phenoxy) is 3. The van der Waals surface area contributed by atoms with Gasteiger partial charge >= 0.3 is 5.97 Å². The van der Waals surface area contributed by atoms with Crippen molar-refractivity contribution < 1.29 is 28.9 Å². The molecule has 2 aromatic rings. The molecule has 0 atom stereocenters. The molecule has 0 saturated heterocycles. The minimum absolute atomic E-state index is 0.104. The Morgan fingerprint density at radius 2 is 1.81 bits per heavy atom. The number of carbonyl (C=O) groups is 2. The molecule has 7 nitrogen and oxygen atoms in total. The van der Waals surface area contributed by atoms with E-state index in [2.05, 4.69) is 27.6 Å². The van der Waals surface area contributed by atoms with E-state index in [-0.39, 0.29) is 29.4 Å². The van der Waals surface area contributed by atoms with Crippen LogP contribution in [-0.4, -0.2) is 35.2 Å². The van der Waals surface area contributed by atoms with Crippen molar-refractivity contribution in [2.75, 3.05) is 13.2 Å². The second kappa shape index (κ2) is 13.0. The lowest BCUT2D eigenvalue weighted by atomic mass is 10.1. The Balaban J connectivity index is 1.96. The highest BCUT2D eigenvalue weighted by Crippen LogP contribution is 2.41. The van der Waals surface area contributed by atoms with E-state index in [9.17, 15) is 14.7 Å². The van der Waals surface area contributed by atoms with Crippen LogP contribution in [0.2, 0.25) is 0 Å². The zero-order chi connectivity index (χ0) is 26.2. The van der Waals surface area contributed by atoms with Crippen LogP contribution >= 0.6 is 34.4 Å². The standard InChI is InChI=1S/C27H28INO6S/c1-5-22(30)29-26-23(27(32)34-7-3)24(31)21(36-26)14-18-12-19(28)25(20(13-18)33-6-2)35-15-17-10-8-16(4)9-11-17/h8-14,31H,5-7,15H2,1-4H3/b21-14-,29-26?. The average molecular weight is 621 g/mol. The molecular weight excluding hydrogens is 593 g/mol. The summed E-state index contributed by atoms with van der Waals surface area (Å²) in [5, 5.41) is 11.0. The molecule has 0 unspecified atom stereocenters. The Labute approximate surface area is 228 Å². The molecule has 0 spiro atoms. The van der Waals surface area contributed by atoms with Crippen LogP contribution in [0.1, 0.15) is 43.9 Å². The Morgan fingerprint density at radius 3 is 2.44 bits per heavy atom. The number of nitrogens with zero attached hydrogens (tertiary/aromatic N) is 1. The van der Waals surface area contributed by atoms with Gasteiger partial charge in [-0.3, -0.25) is 4.79 Å². The lowest BCUT2D eigenvalue weighted by Gasteiger charge is -2.15. The van der Waals surface area contributed by atoms with Gasteiger partial charge in [-0.2, -0.15) is 0 Å². The largest absolute Gasteiger partial charge is 0.506 e. The zero-order valence-electron chi connectivity index (χ0n) is 20.6. The van der Waals surface area contributed by atoms with Gasteiger partial charge in [-0.05, 0) is 72.7 Å². The van der Waals surface area contributed by atoms with Crippen molar-refractivity contribution in [3.05, 3.63) is 72.9 Å². The molecule has 2 aromatic carbocycles. The van der Waals surface area contributed by atoms with E-state index in [0.717, 1.165) is 26.5 Å². The van der Waals surface area contributed by atoms with E-state index in [4.69, 9.17) is 14.2 Å². The topological polar surface area (TPSA) is 94.4 Å². The van der Waals surface area contributed by atoms with Gasteiger partial charge in [0.1, 0.15) is 23.0 Å². The Kier molecular flexibility index (Phi) is 10.0. The van der Waals surface area contributed by atoms with Crippen LogP contribution in [0.3, 0.4) is 0 Å². The molecule has 0 radical (unpaired) electrons. The Hall–Kier alpha value is -2.79. The second-order valence-corrected chi connectivity index (χ2v) is 9.95. The fourth-order valence-electron chi connectivity index (χ4n) is 3.25. The monoisotopic (exact) mass is 621 g/mol. The number of benzene rings is 2. The van der Waals surface area contributed by atoms with Crippen molar-refractivity contribution in [3.8, 4) is 11.5 Å². The van der Waals surface area contributed by atoms with Crippen molar-refractivity contribution in [2.24, 2.45) is 4.99 Å². The summed E-state index contributed by atoms with van der Waals surface area (Å²) in [7, 11) is 0. The van der Waals surface area contributed by atoms with Gasteiger partial charge in [0, 0.05) is 6.42 Å². The minimum atomic E-state index is -0.724. The lowest BCUT2D eigenvalue weighted by molar-refractivity contribution is -0.138. The number of aliphatic hydroxyl groups excluding tert-OH is 1. The maximum atomic E-state index is 12.5. The van der Waals surface area contributed by atoms with Crippen LogP contribution in [0.15, 0.2) is 57.6 Å². The van der Waals surface area contributed by atoms with E-state index in [0.29, 0.717) is 29.6 Å². The second-order valence-electron chi connectivity index (χ2n) is 7.76. The summed E-state index contributed by atoms with van der Waals surface area (Å²) in [5.74, 6) is -0.194. The quantitative estimate of drug-likeness (QED) is 0.257. The van der Waals surface area contributed by atoms with Crippen molar-refractivity contribution in [2.45, 2.75) is 40.7 Å². The summed E-state index contributed by atoms with van der Waals surface area (Å²) in [6.07, 6.45) is 1.90. The molecular formula is C27H28INO6S. The van der Waals surface area contributed by atoms with E-state index in [1.807, 2.05) is 50.2 Å². The van der Waals surface area contributed by atoms with Crippen LogP contribution < -0.4 is 9.47 Å². The first kappa shape index (κ1) is 27.8. The molecule has 0 saturated carbocycles. The van der Waals surface area contributed by atoms with Crippen LogP contribution in [0.25, 0.3) is 6.08 Å². The molecule has 1 heterocycles. The summed E-state index contributed by atoms with van der Waals surface area (Å²) >= 11 is 3.23. The highest BCUT2D eigenvalue weighted by atomic mass is 127. The maximum Gasteiger partial charge on any atom is 0.344 e. The minimum Gasteiger partial charge on any atom is -0.506 e. The van der Waals surface area contributed by atoms with Gasteiger partial charge in [0.25, 0.3) is 0 Å². The van der Waals surface area contributed by atoms with Crippen molar-refractivity contribution >= 4 is 57.3 Å². The van der Waals surface area contributed by atoms with Gasteiger partial charge in [0.2, 0.25) is 5.91 Å². The van der Waals surface area contributed by atoms with E-state index in [1.54, 1.807) is 19.9 Å². The van der Waals surface area contributed by atoms with Crippen molar-refractivity contribution in [1.82, 2.24) is 0 Å². The number of hydrogen-bond donors (Lipinski definition) is 1. The van der Waals surface area contributed by atoms with Gasteiger partial charge in [-0.1, -0.05) is 48.5 Å². The van der Waals surface area contributed by atoms with Gasteiger partial charge in [-0.25, -0.2) is 9.79 Å². The predicted octanol–water partition coefficient (Wildman–Crippen LogP) is 6.38. The molecule has 1 amide bonds. The van der Waals surface area contributed by atoms with E-state index in [1.165, 1.54) is 5.56 Å². The Bertz CT molecular complexity index is 1230. The van der Waals surface area contributed by atoms with Gasteiger partial charge in [-0.15, -0.1) is 0 Å². The molecule has 36 heavy (non-hydrogen) atoms. The summed E-state index contributed by atoms with van der Waals surface area (Å²) in [6.45, 7) is 8.24. The lowest BCUT2D eigenvalue weighted by Crippen LogP contribution is -2.14. The first-order chi connectivity index (χ1) is 17.3. The molecule has 0 bridgehead atoms. The molecule has 1 aliphatic heterocycles. The molecule has 1 N–H and O–H groups in total. The average Bonchev–Trinajstić information content (AvgIpc) is 3.14. The number of rotatable bonds is 9.